The summed E-state index contributed by atoms with van der Waals surface area (Å²) in [6.45, 7) is 2.95. The lowest BCUT2D eigenvalue weighted by Crippen LogP contribution is -2.10. The summed E-state index contributed by atoms with van der Waals surface area (Å²) in [6.07, 6.45) is 7.55. The highest BCUT2D eigenvalue weighted by atomic mass is 32.1. The Morgan fingerprint density at radius 1 is 0.941 bits per heavy atom. The van der Waals surface area contributed by atoms with E-state index in [4.69, 9.17) is 4.98 Å². The second-order valence-electron chi connectivity index (χ2n) is 8.73. The Kier molecular flexibility index (Phi) is 4.97. The molecule has 0 spiro atoms. The van der Waals surface area contributed by atoms with Crippen molar-refractivity contribution in [1.82, 2.24) is 35.0 Å². The molecule has 0 saturated carbocycles. The zero-order valence-electron chi connectivity index (χ0n) is 19.1. The summed E-state index contributed by atoms with van der Waals surface area (Å²) in [6, 6.07) is 12.6. The van der Waals surface area contributed by atoms with E-state index in [0.717, 1.165) is 62.3 Å². The molecule has 2 N–H and O–H groups in total. The van der Waals surface area contributed by atoms with Crippen molar-refractivity contribution in [1.29, 1.82) is 0 Å². The van der Waals surface area contributed by atoms with Crippen molar-refractivity contribution in [2.24, 2.45) is 0 Å². The van der Waals surface area contributed by atoms with E-state index in [9.17, 15) is 0 Å². The minimum absolute atomic E-state index is 0.791. The fourth-order valence-electron chi connectivity index (χ4n) is 4.28. The van der Waals surface area contributed by atoms with Gasteiger partial charge in [-0.1, -0.05) is 0 Å². The Morgan fingerprint density at radius 3 is 2.65 bits per heavy atom. The summed E-state index contributed by atoms with van der Waals surface area (Å²) >= 11 is 1.77. The van der Waals surface area contributed by atoms with Crippen LogP contribution in [0.2, 0.25) is 0 Å². The largest absolute Gasteiger partial charge is 0.352 e. The number of aromatic amines is 2. The number of H-pyrrole nitrogens is 2. The van der Waals surface area contributed by atoms with Crippen molar-refractivity contribution in [3.05, 3.63) is 71.6 Å². The summed E-state index contributed by atoms with van der Waals surface area (Å²) in [5, 5.41) is 8.85. The fraction of sp³-hybridized carbons (Fsp3) is 0.154. The molecular weight excluding hydrogens is 442 g/mol. The van der Waals surface area contributed by atoms with E-state index in [-0.39, 0.29) is 0 Å². The third-order valence-electron chi connectivity index (χ3n) is 5.80. The summed E-state index contributed by atoms with van der Waals surface area (Å²) in [4.78, 5) is 22.0. The summed E-state index contributed by atoms with van der Waals surface area (Å²) < 4.78 is 0. The van der Waals surface area contributed by atoms with E-state index in [1.807, 2.05) is 36.9 Å². The van der Waals surface area contributed by atoms with Crippen LogP contribution in [0.4, 0.5) is 0 Å². The number of hydrogen-bond acceptors (Lipinski definition) is 6. The van der Waals surface area contributed by atoms with E-state index < -0.39 is 0 Å². The van der Waals surface area contributed by atoms with Gasteiger partial charge in [-0.15, -0.1) is 11.3 Å². The maximum absolute atomic E-state index is 4.98. The van der Waals surface area contributed by atoms with Crippen molar-refractivity contribution in [2.45, 2.75) is 13.5 Å². The number of nitrogens with zero attached hydrogens (tertiary/aromatic N) is 5. The zero-order valence-corrected chi connectivity index (χ0v) is 19.9. The predicted molar refractivity (Wildman–Crippen MR) is 138 cm³/mol. The molecule has 6 heterocycles. The Hall–Kier alpha value is -3.88. The number of hydrogen-bond donors (Lipinski definition) is 2. The number of fused-ring (bicyclic) bond motifs is 2. The summed E-state index contributed by atoms with van der Waals surface area (Å²) in [7, 11) is 4.10. The number of aromatic nitrogens is 6. The van der Waals surface area contributed by atoms with E-state index in [0.29, 0.717) is 0 Å². The van der Waals surface area contributed by atoms with Gasteiger partial charge in [0.2, 0.25) is 0 Å². The first-order chi connectivity index (χ1) is 16.5. The van der Waals surface area contributed by atoms with Gasteiger partial charge < -0.3 is 9.88 Å². The molecule has 0 aliphatic carbocycles. The third kappa shape index (κ3) is 3.67. The van der Waals surface area contributed by atoms with Crippen LogP contribution < -0.4 is 0 Å². The monoisotopic (exact) mass is 465 g/mol. The van der Waals surface area contributed by atoms with Gasteiger partial charge >= 0.3 is 0 Å². The molecule has 6 aromatic rings. The number of aryl methyl sites for hydroxylation is 1. The summed E-state index contributed by atoms with van der Waals surface area (Å²) in [5.41, 5.74) is 8.52. The SMILES string of the molecule is Cc1ccc(-c2cncc3[nH]c(-c4n[nH]c5ccc(-c6cncc(CN(C)C)c6)nc45)cc23)s1. The van der Waals surface area contributed by atoms with Crippen LogP contribution in [0.1, 0.15) is 10.4 Å². The van der Waals surface area contributed by atoms with Gasteiger partial charge in [0.05, 0.1) is 28.6 Å². The van der Waals surface area contributed by atoms with Gasteiger partial charge in [-0.3, -0.25) is 15.1 Å². The first-order valence-electron chi connectivity index (χ1n) is 11.0. The normalized spacial score (nSPS) is 11.8. The van der Waals surface area contributed by atoms with Crippen LogP contribution in [-0.4, -0.2) is 49.1 Å². The molecular formula is C26H23N7S. The molecule has 168 valence electrons. The first-order valence-corrected chi connectivity index (χ1v) is 11.8. The van der Waals surface area contributed by atoms with Gasteiger partial charge in [0.1, 0.15) is 11.2 Å². The highest BCUT2D eigenvalue weighted by molar-refractivity contribution is 7.15. The van der Waals surface area contributed by atoms with Crippen LogP contribution in [0.5, 0.6) is 0 Å². The van der Waals surface area contributed by atoms with E-state index in [1.165, 1.54) is 9.75 Å². The van der Waals surface area contributed by atoms with Crippen molar-refractivity contribution < 1.29 is 0 Å². The van der Waals surface area contributed by atoms with Crippen LogP contribution >= 0.6 is 11.3 Å². The van der Waals surface area contributed by atoms with Gasteiger partial charge in [-0.05, 0) is 63.0 Å². The molecule has 6 aromatic heterocycles. The Morgan fingerprint density at radius 2 is 1.82 bits per heavy atom. The third-order valence-corrected chi connectivity index (χ3v) is 6.84. The lowest BCUT2D eigenvalue weighted by Gasteiger charge is -2.10. The molecule has 0 aliphatic rings. The molecule has 34 heavy (non-hydrogen) atoms. The van der Waals surface area contributed by atoms with Gasteiger partial charge in [-0.2, -0.15) is 5.10 Å². The molecule has 0 atom stereocenters. The summed E-state index contributed by atoms with van der Waals surface area (Å²) in [5.74, 6) is 0. The minimum atomic E-state index is 0.791. The minimum Gasteiger partial charge on any atom is -0.352 e. The molecule has 0 amide bonds. The predicted octanol–water partition coefficient (Wildman–Crippen LogP) is 5.66. The number of pyridine rings is 3. The van der Waals surface area contributed by atoms with Gasteiger partial charge in [0.15, 0.2) is 0 Å². The number of nitrogens with one attached hydrogen (secondary N) is 2. The first kappa shape index (κ1) is 20.7. The van der Waals surface area contributed by atoms with Crippen molar-refractivity contribution in [3.8, 4) is 33.1 Å². The Bertz CT molecular complexity index is 1640. The lowest BCUT2D eigenvalue weighted by molar-refractivity contribution is 0.402. The molecule has 6 rings (SSSR count). The van der Waals surface area contributed by atoms with Crippen LogP contribution in [0.25, 0.3) is 55.0 Å². The smallest absolute Gasteiger partial charge is 0.135 e. The Labute approximate surface area is 200 Å². The lowest BCUT2D eigenvalue weighted by atomic mass is 10.1. The van der Waals surface area contributed by atoms with Crippen LogP contribution in [0.3, 0.4) is 0 Å². The maximum Gasteiger partial charge on any atom is 0.135 e. The fourth-order valence-corrected chi connectivity index (χ4v) is 5.17. The van der Waals surface area contributed by atoms with Crippen LogP contribution in [0, 0.1) is 6.92 Å². The topological polar surface area (TPSA) is 86.4 Å². The molecule has 0 aromatic carbocycles. The van der Waals surface area contributed by atoms with E-state index in [1.54, 1.807) is 11.3 Å². The van der Waals surface area contributed by atoms with Gasteiger partial charge in [0, 0.05) is 51.4 Å². The number of thiophene rings is 1. The molecule has 7 nitrogen and oxygen atoms in total. The molecule has 0 radical (unpaired) electrons. The molecule has 8 heteroatoms. The Balaban J connectivity index is 1.45. The highest BCUT2D eigenvalue weighted by Gasteiger charge is 2.16. The highest BCUT2D eigenvalue weighted by Crippen LogP contribution is 2.36. The number of rotatable bonds is 5. The van der Waals surface area contributed by atoms with Gasteiger partial charge in [0.25, 0.3) is 0 Å². The molecule has 0 fully saturated rings. The van der Waals surface area contributed by atoms with E-state index in [2.05, 4.69) is 75.3 Å². The quantitative estimate of drug-likeness (QED) is 0.343. The van der Waals surface area contributed by atoms with Crippen LogP contribution in [0.15, 0.2) is 61.2 Å². The molecule has 0 bridgehead atoms. The second-order valence-corrected chi connectivity index (χ2v) is 10.0. The van der Waals surface area contributed by atoms with Crippen molar-refractivity contribution >= 4 is 33.3 Å². The van der Waals surface area contributed by atoms with E-state index >= 15 is 0 Å². The molecule has 0 aliphatic heterocycles. The molecule has 0 saturated heterocycles. The maximum atomic E-state index is 4.98. The van der Waals surface area contributed by atoms with Crippen molar-refractivity contribution in [2.75, 3.05) is 14.1 Å². The van der Waals surface area contributed by atoms with Crippen LogP contribution in [-0.2, 0) is 6.54 Å². The van der Waals surface area contributed by atoms with Crippen molar-refractivity contribution in [3.63, 3.8) is 0 Å². The second kappa shape index (κ2) is 8.16. The molecule has 0 unspecified atom stereocenters. The average molecular weight is 466 g/mol. The average Bonchev–Trinajstić information content (AvgIpc) is 3.55. The standard InChI is InChI=1S/C26H23N7S/c1-15-4-7-24(34-15)19-12-28-13-23-18(19)9-22(29-23)26-25-21(31-32-26)6-5-20(30-25)17-8-16(10-27-11-17)14-33(2)3/h4-13,29H,14H2,1-3H3,(H,31,32). The zero-order chi connectivity index (χ0) is 23.2. The van der Waals surface area contributed by atoms with Gasteiger partial charge in [-0.25, -0.2) is 4.98 Å².